The van der Waals surface area contributed by atoms with E-state index in [2.05, 4.69) is 67.2 Å². The first-order chi connectivity index (χ1) is 21.0. The molecule has 7 rings (SSSR count). The minimum Gasteiger partial charge on any atom is -0.364 e. The van der Waals surface area contributed by atoms with Crippen LogP contribution < -0.4 is 10.6 Å². The fourth-order valence-electron chi connectivity index (χ4n) is 6.50. The smallest absolute Gasteiger partial charge is 0.267 e. The van der Waals surface area contributed by atoms with Crippen molar-refractivity contribution in [1.29, 1.82) is 5.26 Å². The lowest BCUT2D eigenvalue weighted by atomic mass is 9.86. The number of fused-ring (bicyclic) bond motifs is 1. The zero-order valence-corrected chi connectivity index (χ0v) is 23.6. The van der Waals surface area contributed by atoms with Crippen molar-refractivity contribution in [1.82, 2.24) is 24.8 Å². The van der Waals surface area contributed by atoms with Crippen molar-refractivity contribution >= 4 is 22.6 Å². The Morgan fingerprint density at radius 3 is 2.53 bits per heavy atom. The number of likely N-dealkylation sites (tertiary alicyclic amines) is 1. The van der Waals surface area contributed by atoms with E-state index in [1.807, 2.05) is 30.3 Å². The number of nitriles is 1. The van der Waals surface area contributed by atoms with Gasteiger partial charge in [0.1, 0.15) is 17.6 Å². The molecular formula is C34H30N8O. The Balaban J connectivity index is 1.10. The van der Waals surface area contributed by atoms with Gasteiger partial charge in [0.15, 0.2) is 0 Å². The number of carbonyl (C=O) groups is 1. The van der Waals surface area contributed by atoms with Crippen molar-refractivity contribution in [2.45, 2.75) is 19.4 Å². The lowest BCUT2D eigenvalue weighted by Crippen LogP contribution is -2.31. The van der Waals surface area contributed by atoms with E-state index in [-0.39, 0.29) is 16.9 Å². The molecule has 0 radical (unpaired) electrons. The molecule has 0 bridgehead atoms. The maximum atomic E-state index is 11.7. The van der Waals surface area contributed by atoms with Crippen LogP contribution in [0.4, 0.5) is 5.82 Å². The summed E-state index contributed by atoms with van der Waals surface area (Å²) in [5.41, 5.74) is 11.9. The normalized spacial score (nSPS) is 18.3. The third-order valence-corrected chi connectivity index (χ3v) is 8.69. The molecule has 9 nitrogen and oxygen atoms in total. The summed E-state index contributed by atoms with van der Waals surface area (Å²) < 4.78 is 0. The molecule has 1 atom stereocenters. The maximum absolute atomic E-state index is 11.7. The van der Waals surface area contributed by atoms with E-state index in [0.29, 0.717) is 5.52 Å². The predicted octanol–water partition coefficient (Wildman–Crippen LogP) is 4.83. The van der Waals surface area contributed by atoms with E-state index >= 15 is 0 Å². The quantitative estimate of drug-likeness (QED) is 0.310. The van der Waals surface area contributed by atoms with E-state index < -0.39 is 5.91 Å². The standard InChI is InChI=1S/C34H30N8O/c35-18-30-37-13-10-31(40-30)42-15-12-34(22-42)11-14-41(21-34)20-23-6-8-25(9-7-23)32-27(24-4-2-1-3-5-24)16-26-17-28(33(36)43)38-19-29(26)39-32/h1-10,13,16-17,19H,11-12,14-15,20-22H2,(H2,36,43)/t34-/m0/s1. The van der Waals surface area contributed by atoms with Crippen molar-refractivity contribution in [2.24, 2.45) is 11.1 Å². The Hall–Kier alpha value is -5.20. The van der Waals surface area contributed by atoms with Gasteiger partial charge < -0.3 is 10.6 Å². The van der Waals surface area contributed by atoms with Gasteiger partial charge in [-0.3, -0.25) is 9.69 Å². The van der Waals surface area contributed by atoms with Crippen LogP contribution in [-0.2, 0) is 6.54 Å². The summed E-state index contributed by atoms with van der Waals surface area (Å²) in [5, 5.41) is 10.0. The number of benzene rings is 2. The number of hydrogen-bond acceptors (Lipinski definition) is 8. The Labute approximate surface area is 249 Å². The summed E-state index contributed by atoms with van der Waals surface area (Å²) in [6, 6.07) is 26.5. The van der Waals surface area contributed by atoms with Crippen molar-refractivity contribution in [3.05, 3.63) is 102 Å². The van der Waals surface area contributed by atoms with Gasteiger partial charge in [0.05, 0.1) is 17.4 Å². The van der Waals surface area contributed by atoms with E-state index in [1.54, 1.807) is 18.5 Å². The molecule has 0 saturated carbocycles. The highest BCUT2D eigenvalue weighted by Crippen LogP contribution is 2.41. The fourth-order valence-corrected chi connectivity index (χ4v) is 6.50. The number of pyridine rings is 2. The lowest BCUT2D eigenvalue weighted by molar-refractivity contribution is 0.0995. The van der Waals surface area contributed by atoms with Crippen molar-refractivity contribution in [3.63, 3.8) is 0 Å². The van der Waals surface area contributed by atoms with E-state index in [0.717, 1.165) is 79.2 Å². The number of nitrogens with two attached hydrogens (primary N) is 1. The summed E-state index contributed by atoms with van der Waals surface area (Å²) in [4.78, 5) is 34.2. The predicted molar refractivity (Wildman–Crippen MR) is 165 cm³/mol. The largest absolute Gasteiger partial charge is 0.364 e. The molecule has 0 unspecified atom stereocenters. The molecule has 1 spiro atoms. The topological polar surface area (TPSA) is 125 Å². The van der Waals surface area contributed by atoms with Gasteiger partial charge in [0, 0.05) is 54.3 Å². The fraction of sp³-hybridized carbons (Fsp3) is 0.235. The number of amides is 1. The summed E-state index contributed by atoms with van der Waals surface area (Å²) in [6.45, 7) is 4.91. The Bertz CT molecular complexity index is 1870. The van der Waals surface area contributed by atoms with Crippen LogP contribution in [0, 0.1) is 16.7 Å². The third kappa shape index (κ3) is 5.29. The molecule has 2 fully saturated rings. The summed E-state index contributed by atoms with van der Waals surface area (Å²) in [6.07, 6.45) is 5.57. The molecule has 2 aromatic carbocycles. The molecule has 5 heterocycles. The highest BCUT2D eigenvalue weighted by molar-refractivity contribution is 5.97. The van der Waals surface area contributed by atoms with Crippen molar-refractivity contribution < 1.29 is 4.79 Å². The average Bonchev–Trinajstić information content (AvgIpc) is 3.66. The number of hydrogen-bond donors (Lipinski definition) is 1. The first kappa shape index (κ1) is 26.7. The summed E-state index contributed by atoms with van der Waals surface area (Å²) >= 11 is 0. The molecule has 5 aromatic rings. The number of rotatable bonds is 6. The van der Waals surface area contributed by atoms with E-state index in [9.17, 15) is 10.1 Å². The number of anilines is 1. The Morgan fingerprint density at radius 2 is 1.74 bits per heavy atom. The highest BCUT2D eigenvalue weighted by atomic mass is 16.1. The van der Waals surface area contributed by atoms with Gasteiger partial charge >= 0.3 is 0 Å². The van der Waals surface area contributed by atoms with Crippen molar-refractivity contribution in [2.75, 3.05) is 31.1 Å². The Kier molecular flexibility index (Phi) is 6.76. The summed E-state index contributed by atoms with van der Waals surface area (Å²) in [7, 11) is 0. The van der Waals surface area contributed by atoms with Crippen LogP contribution in [0.5, 0.6) is 0 Å². The number of primary amides is 1. The van der Waals surface area contributed by atoms with Gasteiger partial charge in [-0.1, -0.05) is 54.6 Å². The van der Waals surface area contributed by atoms with E-state index in [4.69, 9.17) is 10.7 Å². The van der Waals surface area contributed by atoms with Gasteiger partial charge in [-0.05, 0) is 48.7 Å². The molecule has 212 valence electrons. The van der Waals surface area contributed by atoms with Crippen molar-refractivity contribution in [3.8, 4) is 28.5 Å². The zero-order valence-electron chi connectivity index (χ0n) is 23.6. The second-order valence-electron chi connectivity index (χ2n) is 11.6. The number of nitrogens with zero attached hydrogens (tertiary/aromatic N) is 7. The molecular weight excluding hydrogens is 536 g/mol. The minimum absolute atomic E-state index is 0.221. The highest BCUT2D eigenvalue weighted by Gasteiger charge is 2.43. The molecule has 2 aliphatic rings. The van der Waals surface area contributed by atoms with Crippen LogP contribution in [0.1, 0.15) is 34.7 Å². The number of aromatic nitrogens is 4. The molecule has 2 N–H and O–H groups in total. The number of carbonyl (C=O) groups excluding carboxylic acids is 1. The SMILES string of the molecule is N#Cc1nccc(N2CC[C@]3(CCN(Cc4ccc(-c5nc6cnc(C(N)=O)cc6cc5-c5ccccc5)cc4)C3)C2)n1. The third-order valence-electron chi connectivity index (χ3n) is 8.69. The molecule has 3 aromatic heterocycles. The first-order valence-corrected chi connectivity index (χ1v) is 14.4. The molecule has 2 aliphatic heterocycles. The van der Waals surface area contributed by atoms with Crippen LogP contribution in [0.15, 0.2) is 85.2 Å². The van der Waals surface area contributed by atoms with Crippen LogP contribution in [0.2, 0.25) is 0 Å². The van der Waals surface area contributed by atoms with Crippen LogP contribution in [0.25, 0.3) is 33.3 Å². The van der Waals surface area contributed by atoms with Gasteiger partial charge in [-0.25, -0.2) is 19.9 Å². The average molecular weight is 567 g/mol. The molecule has 0 aliphatic carbocycles. The van der Waals surface area contributed by atoms with Gasteiger partial charge in [-0.2, -0.15) is 5.26 Å². The van der Waals surface area contributed by atoms with Gasteiger partial charge in [0.2, 0.25) is 5.82 Å². The first-order valence-electron chi connectivity index (χ1n) is 14.4. The second kappa shape index (κ2) is 10.9. The van der Waals surface area contributed by atoms with E-state index in [1.165, 1.54) is 5.56 Å². The maximum Gasteiger partial charge on any atom is 0.267 e. The molecule has 43 heavy (non-hydrogen) atoms. The molecule has 1 amide bonds. The van der Waals surface area contributed by atoms with Gasteiger partial charge in [0.25, 0.3) is 5.91 Å². The molecule has 2 saturated heterocycles. The monoisotopic (exact) mass is 566 g/mol. The van der Waals surface area contributed by atoms with Crippen LogP contribution in [-0.4, -0.2) is 56.9 Å². The summed E-state index contributed by atoms with van der Waals surface area (Å²) in [5.74, 6) is 0.509. The lowest BCUT2D eigenvalue weighted by Gasteiger charge is -2.25. The van der Waals surface area contributed by atoms with Crippen LogP contribution in [0.3, 0.4) is 0 Å². The zero-order chi connectivity index (χ0) is 29.4. The minimum atomic E-state index is -0.558. The Morgan fingerprint density at radius 1 is 0.930 bits per heavy atom. The second-order valence-corrected chi connectivity index (χ2v) is 11.6. The van der Waals surface area contributed by atoms with Crippen LogP contribution >= 0.6 is 0 Å². The van der Waals surface area contributed by atoms with Gasteiger partial charge in [-0.15, -0.1) is 0 Å². The molecule has 9 heteroatoms.